The molecular weight excluding hydrogens is 332 g/mol. The van der Waals surface area contributed by atoms with E-state index in [-0.39, 0.29) is 11.8 Å². The average molecular weight is 349 g/mol. The van der Waals surface area contributed by atoms with Gasteiger partial charge in [0.2, 0.25) is 5.91 Å². The van der Waals surface area contributed by atoms with Crippen LogP contribution in [-0.2, 0) is 4.79 Å². The lowest BCUT2D eigenvalue weighted by Crippen LogP contribution is -2.31. The molecule has 0 radical (unpaired) electrons. The molecule has 0 atom stereocenters. The molecule has 2 aromatic carbocycles. The number of carbonyl (C=O) groups excluding carboxylic acids is 2. The van der Waals surface area contributed by atoms with Crippen molar-refractivity contribution in [3.05, 3.63) is 46.4 Å². The highest BCUT2D eigenvalue weighted by molar-refractivity contribution is 9.10. The number of hydrogen-bond acceptors (Lipinski definition) is 2. The fourth-order valence-corrected chi connectivity index (χ4v) is 2.44. The standard InChI is InChI=1S/C16H17BrN2O2/c1-18-15(20)7-8-19(2)16(21)13-4-3-12-10-14(17)6-5-11(12)9-13/h3-6,9-10H,7-8H2,1-2H3,(H,18,20). The summed E-state index contributed by atoms with van der Waals surface area (Å²) >= 11 is 3.43. The van der Waals surface area contributed by atoms with Crippen molar-refractivity contribution in [2.24, 2.45) is 0 Å². The molecule has 0 aromatic heterocycles. The van der Waals surface area contributed by atoms with Crippen LogP contribution in [0.15, 0.2) is 40.9 Å². The van der Waals surface area contributed by atoms with Crippen LogP contribution in [0, 0.1) is 0 Å². The molecule has 2 aromatic rings. The molecule has 0 aliphatic rings. The summed E-state index contributed by atoms with van der Waals surface area (Å²) in [6.45, 7) is 0.400. The lowest BCUT2D eigenvalue weighted by Gasteiger charge is -2.17. The number of nitrogens with zero attached hydrogens (tertiary/aromatic N) is 1. The van der Waals surface area contributed by atoms with Crippen LogP contribution in [0.5, 0.6) is 0 Å². The number of carbonyl (C=O) groups is 2. The second-order valence-corrected chi connectivity index (χ2v) is 5.77. The highest BCUT2D eigenvalue weighted by Gasteiger charge is 2.13. The molecule has 0 spiro atoms. The van der Waals surface area contributed by atoms with E-state index < -0.39 is 0 Å². The van der Waals surface area contributed by atoms with E-state index in [0.717, 1.165) is 15.2 Å². The predicted octanol–water partition coefficient (Wildman–Crippen LogP) is 2.81. The van der Waals surface area contributed by atoms with E-state index in [1.54, 1.807) is 19.0 Å². The van der Waals surface area contributed by atoms with Gasteiger partial charge in [-0.05, 0) is 35.0 Å². The first-order valence-electron chi connectivity index (χ1n) is 6.66. The van der Waals surface area contributed by atoms with E-state index >= 15 is 0 Å². The van der Waals surface area contributed by atoms with Gasteiger partial charge in [0.15, 0.2) is 0 Å². The van der Waals surface area contributed by atoms with Crippen LogP contribution in [0.4, 0.5) is 0 Å². The number of amides is 2. The van der Waals surface area contributed by atoms with E-state index in [0.29, 0.717) is 18.5 Å². The third-order valence-electron chi connectivity index (χ3n) is 3.35. The van der Waals surface area contributed by atoms with Gasteiger partial charge >= 0.3 is 0 Å². The molecule has 0 bridgehead atoms. The molecule has 5 heteroatoms. The van der Waals surface area contributed by atoms with Crippen LogP contribution in [0.2, 0.25) is 0 Å². The minimum absolute atomic E-state index is 0.0713. The molecule has 1 N–H and O–H groups in total. The normalized spacial score (nSPS) is 10.4. The van der Waals surface area contributed by atoms with E-state index in [2.05, 4.69) is 21.2 Å². The third-order valence-corrected chi connectivity index (χ3v) is 3.84. The Hall–Kier alpha value is -1.88. The Labute approximate surface area is 132 Å². The molecule has 0 aliphatic carbocycles. The quantitative estimate of drug-likeness (QED) is 0.923. The maximum atomic E-state index is 12.3. The summed E-state index contributed by atoms with van der Waals surface area (Å²) in [7, 11) is 3.29. The number of halogens is 1. The largest absolute Gasteiger partial charge is 0.359 e. The fraction of sp³-hybridized carbons (Fsp3) is 0.250. The maximum Gasteiger partial charge on any atom is 0.253 e. The van der Waals surface area contributed by atoms with Gasteiger partial charge in [-0.1, -0.05) is 28.1 Å². The minimum atomic E-state index is -0.0799. The second-order valence-electron chi connectivity index (χ2n) is 4.86. The van der Waals surface area contributed by atoms with E-state index in [4.69, 9.17) is 0 Å². The molecule has 110 valence electrons. The molecule has 0 saturated carbocycles. The highest BCUT2D eigenvalue weighted by atomic mass is 79.9. The Morgan fingerprint density at radius 1 is 1.14 bits per heavy atom. The van der Waals surface area contributed by atoms with Crippen LogP contribution >= 0.6 is 15.9 Å². The third kappa shape index (κ3) is 3.82. The van der Waals surface area contributed by atoms with Crippen LogP contribution in [0.3, 0.4) is 0 Å². The van der Waals surface area contributed by atoms with Crippen molar-refractivity contribution in [3.63, 3.8) is 0 Å². The van der Waals surface area contributed by atoms with Crippen LogP contribution in [0.1, 0.15) is 16.8 Å². The zero-order valence-corrected chi connectivity index (χ0v) is 13.6. The monoisotopic (exact) mass is 348 g/mol. The summed E-state index contributed by atoms with van der Waals surface area (Å²) < 4.78 is 1.01. The van der Waals surface area contributed by atoms with Gasteiger partial charge in [-0.15, -0.1) is 0 Å². The van der Waals surface area contributed by atoms with E-state index in [1.165, 1.54) is 0 Å². The zero-order valence-electron chi connectivity index (χ0n) is 12.0. The number of benzene rings is 2. The van der Waals surface area contributed by atoms with E-state index in [9.17, 15) is 9.59 Å². The molecule has 0 aliphatic heterocycles. The molecule has 0 fully saturated rings. The first kappa shape index (κ1) is 15.5. The van der Waals surface area contributed by atoms with Crippen molar-refractivity contribution in [1.82, 2.24) is 10.2 Å². The Morgan fingerprint density at radius 2 is 1.81 bits per heavy atom. The molecule has 2 rings (SSSR count). The summed E-state index contributed by atoms with van der Waals surface area (Å²) in [5.74, 6) is -0.151. The summed E-state index contributed by atoms with van der Waals surface area (Å²) in [6, 6.07) is 11.6. The fourth-order valence-electron chi connectivity index (χ4n) is 2.07. The van der Waals surface area contributed by atoms with Gasteiger partial charge in [0.1, 0.15) is 0 Å². The Morgan fingerprint density at radius 3 is 2.52 bits per heavy atom. The smallest absolute Gasteiger partial charge is 0.253 e. The summed E-state index contributed by atoms with van der Waals surface area (Å²) in [4.78, 5) is 25.1. The molecule has 0 unspecified atom stereocenters. The van der Waals surface area contributed by atoms with Crippen molar-refractivity contribution in [2.45, 2.75) is 6.42 Å². The molecule has 0 heterocycles. The first-order valence-corrected chi connectivity index (χ1v) is 7.46. The van der Waals surface area contributed by atoms with Crippen LogP contribution < -0.4 is 5.32 Å². The zero-order chi connectivity index (χ0) is 15.4. The van der Waals surface area contributed by atoms with Crippen molar-refractivity contribution in [2.75, 3.05) is 20.6 Å². The Kier molecular flexibility index (Phi) is 4.96. The molecule has 0 saturated heterocycles. The molecule has 4 nitrogen and oxygen atoms in total. The average Bonchev–Trinajstić information content (AvgIpc) is 2.50. The second kappa shape index (κ2) is 6.72. The van der Waals surface area contributed by atoms with Crippen LogP contribution in [-0.4, -0.2) is 37.4 Å². The maximum absolute atomic E-state index is 12.3. The van der Waals surface area contributed by atoms with Crippen molar-refractivity contribution in [1.29, 1.82) is 0 Å². The number of hydrogen-bond donors (Lipinski definition) is 1. The van der Waals surface area contributed by atoms with Crippen molar-refractivity contribution >= 4 is 38.5 Å². The predicted molar refractivity (Wildman–Crippen MR) is 87.3 cm³/mol. The van der Waals surface area contributed by atoms with Crippen LogP contribution in [0.25, 0.3) is 10.8 Å². The lowest BCUT2D eigenvalue weighted by molar-refractivity contribution is -0.120. The molecular formula is C16H17BrN2O2. The summed E-state index contributed by atoms with van der Waals surface area (Å²) in [5, 5.41) is 4.64. The van der Waals surface area contributed by atoms with Gasteiger partial charge in [-0.25, -0.2) is 0 Å². The Balaban J connectivity index is 2.15. The number of nitrogens with one attached hydrogen (secondary N) is 1. The van der Waals surface area contributed by atoms with Gasteiger partial charge in [0, 0.05) is 37.1 Å². The van der Waals surface area contributed by atoms with E-state index in [1.807, 2.05) is 36.4 Å². The Bertz CT molecular complexity index is 685. The lowest BCUT2D eigenvalue weighted by atomic mass is 10.1. The van der Waals surface area contributed by atoms with Gasteiger partial charge in [-0.3, -0.25) is 9.59 Å². The minimum Gasteiger partial charge on any atom is -0.359 e. The van der Waals surface area contributed by atoms with Gasteiger partial charge in [0.05, 0.1) is 0 Å². The van der Waals surface area contributed by atoms with Crippen molar-refractivity contribution < 1.29 is 9.59 Å². The number of fused-ring (bicyclic) bond motifs is 1. The van der Waals surface area contributed by atoms with Gasteiger partial charge in [-0.2, -0.15) is 0 Å². The topological polar surface area (TPSA) is 49.4 Å². The summed E-state index contributed by atoms with van der Waals surface area (Å²) in [5.41, 5.74) is 0.629. The summed E-state index contributed by atoms with van der Waals surface area (Å²) in [6.07, 6.45) is 0.305. The molecule has 2 amide bonds. The SMILES string of the molecule is CNC(=O)CCN(C)C(=O)c1ccc2cc(Br)ccc2c1. The first-order chi connectivity index (χ1) is 10.0. The highest BCUT2D eigenvalue weighted by Crippen LogP contribution is 2.21. The van der Waals surface area contributed by atoms with Crippen molar-refractivity contribution in [3.8, 4) is 0 Å². The van der Waals surface area contributed by atoms with Gasteiger partial charge in [0.25, 0.3) is 5.91 Å². The molecule has 21 heavy (non-hydrogen) atoms. The number of rotatable bonds is 4. The van der Waals surface area contributed by atoms with Gasteiger partial charge < -0.3 is 10.2 Å².